The monoisotopic (exact) mass is 265 g/mol. The summed E-state index contributed by atoms with van der Waals surface area (Å²) in [6.07, 6.45) is 17.6. The Morgan fingerprint density at radius 2 is 1.32 bits per heavy atom. The van der Waals surface area contributed by atoms with Crippen LogP contribution in [0.15, 0.2) is 0 Å². The molecule has 1 nitrogen and oxygen atoms in total. The van der Waals surface area contributed by atoms with E-state index >= 15 is 0 Å². The Balaban J connectivity index is 1.34. The lowest BCUT2D eigenvalue weighted by molar-refractivity contribution is 0.377. The van der Waals surface area contributed by atoms with Crippen LogP contribution in [0.4, 0.5) is 0 Å². The van der Waals surface area contributed by atoms with Gasteiger partial charge in [0.15, 0.2) is 0 Å². The second-order valence-electron chi connectivity index (χ2n) is 7.02. The van der Waals surface area contributed by atoms with E-state index in [1.54, 1.807) is 0 Å². The van der Waals surface area contributed by atoms with E-state index in [4.69, 9.17) is 0 Å². The van der Waals surface area contributed by atoms with Gasteiger partial charge in [-0.25, -0.2) is 0 Å². The zero-order chi connectivity index (χ0) is 13.3. The summed E-state index contributed by atoms with van der Waals surface area (Å²) in [6.45, 7) is 4.89. The molecule has 0 amide bonds. The van der Waals surface area contributed by atoms with Gasteiger partial charge in [0, 0.05) is 0 Å². The van der Waals surface area contributed by atoms with Gasteiger partial charge in [0.2, 0.25) is 0 Å². The highest BCUT2D eigenvalue weighted by molar-refractivity contribution is 4.92. The quantitative estimate of drug-likeness (QED) is 0.454. The zero-order valence-corrected chi connectivity index (χ0v) is 13.1. The number of rotatable bonds is 13. The molecule has 19 heavy (non-hydrogen) atoms. The van der Waals surface area contributed by atoms with Crippen molar-refractivity contribution in [3.05, 3.63) is 0 Å². The highest BCUT2D eigenvalue weighted by Crippen LogP contribution is 2.48. The van der Waals surface area contributed by atoms with Crippen LogP contribution in [-0.4, -0.2) is 13.1 Å². The van der Waals surface area contributed by atoms with Crippen LogP contribution >= 0.6 is 0 Å². The van der Waals surface area contributed by atoms with Crippen LogP contribution in [0.3, 0.4) is 0 Å². The summed E-state index contributed by atoms with van der Waals surface area (Å²) in [4.78, 5) is 0. The average molecular weight is 265 g/mol. The van der Waals surface area contributed by atoms with Gasteiger partial charge in [0.25, 0.3) is 0 Å². The number of hydrogen-bond acceptors (Lipinski definition) is 1. The molecule has 0 bridgehead atoms. The Kier molecular flexibility index (Phi) is 7.27. The summed E-state index contributed by atoms with van der Waals surface area (Å²) in [7, 11) is 0. The summed E-state index contributed by atoms with van der Waals surface area (Å²) < 4.78 is 0. The molecule has 2 rings (SSSR count). The lowest BCUT2D eigenvalue weighted by Crippen LogP contribution is -2.26. The summed E-state index contributed by atoms with van der Waals surface area (Å²) in [5, 5.41) is 3.74. The van der Waals surface area contributed by atoms with Gasteiger partial charge in [-0.2, -0.15) is 0 Å². The minimum absolute atomic E-state index is 1.05. The maximum atomic E-state index is 3.74. The third-order valence-electron chi connectivity index (χ3n) is 5.04. The average Bonchev–Trinajstić information content (AvgIpc) is 3.28. The standard InChI is InChI=1S/C18H35N/c1-2-3-4-5-6-7-8-9-14-19-15-18(16-10-11-16)17-12-13-17/h16-19H,2-15H2,1H3. The van der Waals surface area contributed by atoms with Gasteiger partial charge < -0.3 is 5.32 Å². The summed E-state index contributed by atoms with van der Waals surface area (Å²) in [5.41, 5.74) is 0. The van der Waals surface area contributed by atoms with Crippen molar-refractivity contribution in [3.8, 4) is 0 Å². The molecule has 0 saturated heterocycles. The van der Waals surface area contributed by atoms with Crippen molar-refractivity contribution in [2.24, 2.45) is 17.8 Å². The third kappa shape index (κ3) is 6.79. The lowest BCUT2D eigenvalue weighted by Gasteiger charge is -2.16. The Bertz CT molecular complexity index is 206. The molecule has 0 heterocycles. The van der Waals surface area contributed by atoms with Crippen molar-refractivity contribution in [2.75, 3.05) is 13.1 Å². The molecule has 0 unspecified atom stereocenters. The van der Waals surface area contributed by atoms with Crippen LogP contribution in [0, 0.1) is 17.8 Å². The fourth-order valence-corrected chi connectivity index (χ4v) is 3.42. The van der Waals surface area contributed by atoms with Crippen LogP contribution < -0.4 is 5.32 Å². The van der Waals surface area contributed by atoms with Crippen LogP contribution in [-0.2, 0) is 0 Å². The Hall–Kier alpha value is -0.0400. The Morgan fingerprint density at radius 1 is 0.789 bits per heavy atom. The summed E-state index contributed by atoms with van der Waals surface area (Å²) in [6, 6.07) is 0. The smallest absolute Gasteiger partial charge is 0.00152 e. The molecular weight excluding hydrogens is 230 g/mol. The minimum Gasteiger partial charge on any atom is -0.316 e. The molecule has 112 valence electrons. The predicted molar refractivity (Wildman–Crippen MR) is 84.4 cm³/mol. The van der Waals surface area contributed by atoms with E-state index in [1.165, 1.54) is 90.1 Å². The first-order chi connectivity index (χ1) is 9.42. The Labute approximate surface area is 120 Å². The molecule has 2 fully saturated rings. The highest BCUT2D eigenvalue weighted by atomic mass is 14.9. The maximum Gasteiger partial charge on any atom is -0.00152 e. The number of unbranched alkanes of at least 4 members (excludes halogenated alkanes) is 7. The molecule has 0 radical (unpaired) electrons. The molecule has 2 aliphatic carbocycles. The van der Waals surface area contributed by atoms with Crippen molar-refractivity contribution in [1.82, 2.24) is 5.32 Å². The molecule has 1 N–H and O–H groups in total. The first-order valence-electron chi connectivity index (χ1n) is 9.12. The predicted octanol–water partition coefficient (Wildman–Crippen LogP) is 5.15. The van der Waals surface area contributed by atoms with E-state index < -0.39 is 0 Å². The molecule has 2 aliphatic rings. The van der Waals surface area contributed by atoms with Gasteiger partial charge in [0.1, 0.15) is 0 Å². The van der Waals surface area contributed by atoms with Crippen molar-refractivity contribution < 1.29 is 0 Å². The van der Waals surface area contributed by atoms with E-state index in [1.807, 2.05) is 0 Å². The van der Waals surface area contributed by atoms with E-state index in [9.17, 15) is 0 Å². The van der Waals surface area contributed by atoms with Gasteiger partial charge in [0.05, 0.1) is 0 Å². The van der Waals surface area contributed by atoms with Crippen LogP contribution in [0.2, 0.25) is 0 Å². The second-order valence-corrected chi connectivity index (χ2v) is 7.02. The van der Waals surface area contributed by atoms with Gasteiger partial charge >= 0.3 is 0 Å². The molecule has 0 aromatic rings. The van der Waals surface area contributed by atoms with Crippen molar-refractivity contribution in [3.63, 3.8) is 0 Å². The fourth-order valence-electron chi connectivity index (χ4n) is 3.42. The molecule has 2 saturated carbocycles. The number of nitrogens with one attached hydrogen (secondary N) is 1. The Morgan fingerprint density at radius 3 is 1.84 bits per heavy atom. The number of hydrogen-bond donors (Lipinski definition) is 1. The summed E-state index contributed by atoms with van der Waals surface area (Å²) in [5.74, 6) is 3.27. The molecule has 0 aliphatic heterocycles. The van der Waals surface area contributed by atoms with E-state index in [0.717, 1.165) is 17.8 Å². The topological polar surface area (TPSA) is 12.0 Å². The maximum absolute atomic E-state index is 3.74. The zero-order valence-electron chi connectivity index (χ0n) is 13.1. The lowest BCUT2D eigenvalue weighted by atomic mass is 9.98. The normalized spacial score (nSPS) is 19.3. The third-order valence-corrected chi connectivity index (χ3v) is 5.04. The van der Waals surface area contributed by atoms with Gasteiger partial charge in [-0.05, 0) is 62.9 Å². The minimum atomic E-state index is 1.05. The fraction of sp³-hybridized carbons (Fsp3) is 1.00. The van der Waals surface area contributed by atoms with Crippen molar-refractivity contribution >= 4 is 0 Å². The molecular formula is C18H35N. The summed E-state index contributed by atoms with van der Waals surface area (Å²) >= 11 is 0. The van der Waals surface area contributed by atoms with Crippen molar-refractivity contribution in [2.45, 2.75) is 84.0 Å². The molecule has 0 aromatic heterocycles. The molecule has 0 aromatic carbocycles. The van der Waals surface area contributed by atoms with Gasteiger partial charge in [-0.3, -0.25) is 0 Å². The van der Waals surface area contributed by atoms with E-state index in [0.29, 0.717) is 0 Å². The van der Waals surface area contributed by atoms with E-state index in [-0.39, 0.29) is 0 Å². The first kappa shape index (κ1) is 15.4. The van der Waals surface area contributed by atoms with Gasteiger partial charge in [-0.1, -0.05) is 51.9 Å². The van der Waals surface area contributed by atoms with Crippen LogP contribution in [0.5, 0.6) is 0 Å². The molecule has 0 atom stereocenters. The molecule has 1 heteroatoms. The largest absolute Gasteiger partial charge is 0.316 e. The first-order valence-corrected chi connectivity index (χ1v) is 9.12. The molecule has 0 spiro atoms. The van der Waals surface area contributed by atoms with Gasteiger partial charge in [-0.15, -0.1) is 0 Å². The SMILES string of the molecule is CCCCCCCCCCNCC(C1CC1)C1CC1. The second kappa shape index (κ2) is 9.00. The highest BCUT2D eigenvalue weighted by Gasteiger charge is 2.40. The van der Waals surface area contributed by atoms with E-state index in [2.05, 4.69) is 12.2 Å². The van der Waals surface area contributed by atoms with Crippen LogP contribution in [0.25, 0.3) is 0 Å². The van der Waals surface area contributed by atoms with Crippen molar-refractivity contribution in [1.29, 1.82) is 0 Å². The van der Waals surface area contributed by atoms with Crippen LogP contribution in [0.1, 0.15) is 84.0 Å².